The van der Waals surface area contributed by atoms with Crippen LogP contribution in [-0.4, -0.2) is 13.0 Å². The third-order valence-corrected chi connectivity index (χ3v) is 3.26. The zero-order valence-electron chi connectivity index (χ0n) is 11.9. The fourth-order valence-electron chi connectivity index (χ4n) is 1.94. The van der Waals surface area contributed by atoms with Crippen molar-refractivity contribution in [2.24, 2.45) is 5.73 Å². The minimum Gasteiger partial charge on any atom is -0.494 e. The molecule has 2 aromatic rings. The largest absolute Gasteiger partial charge is 0.494 e. The van der Waals surface area contributed by atoms with E-state index in [0.29, 0.717) is 11.3 Å². The molecule has 0 bridgehead atoms. The molecule has 1 amide bonds. The predicted octanol–water partition coefficient (Wildman–Crippen LogP) is 2.65. The van der Waals surface area contributed by atoms with Crippen LogP contribution in [0.5, 0.6) is 5.75 Å². The van der Waals surface area contributed by atoms with Crippen LogP contribution in [-0.2, 0) is 10.3 Å². The quantitative estimate of drug-likeness (QED) is 0.909. The number of ether oxygens (including phenoxy) is 1. The molecule has 0 saturated heterocycles. The lowest BCUT2D eigenvalue weighted by Crippen LogP contribution is -2.45. The van der Waals surface area contributed by atoms with Crippen molar-refractivity contribution in [3.63, 3.8) is 0 Å². The molecule has 4 nitrogen and oxygen atoms in total. The maximum absolute atomic E-state index is 13.2. The molecule has 0 heterocycles. The zero-order valence-corrected chi connectivity index (χ0v) is 11.9. The number of carbonyl (C=O) groups excluding carboxylic acids is 1. The molecule has 0 aliphatic carbocycles. The van der Waals surface area contributed by atoms with Crippen LogP contribution in [0.4, 0.5) is 10.1 Å². The van der Waals surface area contributed by atoms with Crippen LogP contribution in [0.15, 0.2) is 48.5 Å². The first-order chi connectivity index (χ1) is 9.95. The van der Waals surface area contributed by atoms with Crippen LogP contribution in [0.3, 0.4) is 0 Å². The SMILES string of the molecule is COc1cc(F)ccc1NC(=O)C(C)(N)c1ccccc1. The Morgan fingerprint density at radius 1 is 1.24 bits per heavy atom. The second-order valence-electron chi connectivity index (χ2n) is 4.87. The molecular weight excluding hydrogens is 271 g/mol. The second kappa shape index (κ2) is 5.93. The molecule has 0 spiro atoms. The van der Waals surface area contributed by atoms with Crippen LogP contribution in [0, 0.1) is 5.82 Å². The normalized spacial score (nSPS) is 13.3. The van der Waals surface area contributed by atoms with Gasteiger partial charge < -0.3 is 15.8 Å². The fraction of sp³-hybridized carbons (Fsp3) is 0.188. The van der Waals surface area contributed by atoms with Gasteiger partial charge in [-0.1, -0.05) is 30.3 Å². The van der Waals surface area contributed by atoms with E-state index >= 15 is 0 Å². The van der Waals surface area contributed by atoms with Crippen LogP contribution in [0.25, 0.3) is 0 Å². The first-order valence-corrected chi connectivity index (χ1v) is 6.44. The molecule has 3 N–H and O–H groups in total. The maximum atomic E-state index is 13.2. The number of carbonyl (C=O) groups is 1. The lowest BCUT2D eigenvalue weighted by molar-refractivity contribution is -0.120. The molecule has 0 saturated carbocycles. The molecule has 0 aliphatic heterocycles. The summed E-state index contributed by atoms with van der Waals surface area (Å²) >= 11 is 0. The number of hydrogen-bond acceptors (Lipinski definition) is 3. The van der Waals surface area contributed by atoms with Crippen molar-refractivity contribution >= 4 is 11.6 Å². The van der Waals surface area contributed by atoms with Gasteiger partial charge in [-0.3, -0.25) is 4.79 Å². The average Bonchev–Trinajstić information content (AvgIpc) is 2.49. The highest BCUT2D eigenvalue weighted by Gasteiger charge is 2.30. The van der Waals surface area contributed by atoms with Crippen molar-refractivity contribution in [2.75, 3.05) is 12.4 Å². The second-order valence-corrected chi connectivity index (χ2v) is 4.87. The number of halogens is 1. The van der Waals surface area contributed by atoms with E-state index in [-0.39, 0.29) is 5.75 Å². The van der Waals surface area contributed by atoms with E-state index in [1.54, 1.807) is 19.1 Å². The van der Waals surface area contributed by atoms with E-state index in [9.17, 15) is 9.18 Å². The van der Waals surface area contributed by atoms with Crippen molar-refractivity contribution in [3.05, 3.63) is 59.9 Å². The van der Waals surface area contributed by atoms with Crippen LogP contribution in [0.1, 0.15) is 12.5 Å². The summed E-state index contributed by atoms with van der Waals surface area (Å²) < 4.78 is 18.2. The van der Waals surface area contributed by atoms with Crippen LogP contribution >= 0.6 is 0 Å². The summed E-state index contributed by atoms with van der Waals surface area (Å²) in [6.07, 6.45) is 0. The first-order valence-electron chi connectivity index (χ1n) is 6.44. The van der Waals surface area contributed by atoms with Gasteiger partial charge in [-0.15, -0.1) is 0 Å². The number of benzene rings is 2. The Morgan fingerprint density at radius 2 is 1.90 bits per heavy atom. The first kappa shape index (κ1) is 15.0. The predicted molar refractivity (Wildman–Crippen MR) is 79.6 cm³/mol. The van der Waals surface area contributed by atoms with Gasteiger partial charge >= 0.3 is 0 Å². The molecule has 2 rings (SSSR count). The van der Waals surface area contributed by atoms with Gasteiger partial charge in [-0.05, 0) is 24.6 Å². The number of methoxy groups -OCH3 is 1. The molecular formula is C16H17FN2O2. The Balaban J connectivity index is 2.26. The van der Waals surface area contributed by atoms with Crippen LogP contribution in [0.2, 0.25) is 0 Å². The third kappa shape index (κ3) is 3.20. The van der Waals surface area contributed by atoms with Gasteiger partial charge in [0.1, 0.15) is 17.1 Å². The van der Waals surface area contributed by atoms with Gasteiger partial charge in [0, 0.05) is 6.07 Å². The average molecular weight is 288 g/mol. The van der Waals surface area contributed by atoms with Gasteiger partial charge in [0.05, 0.1) is 12.8 Å². The number of amides is 1. The van der Waals surface area contributed by atoms with Gasteiger partial charge in [-0.25, -0.2) is 4.39 Å². The van der Waals surface area contributed by atoms with E-state index < -0.39 is 17.3 Å². The Kier molecular flexibility index (Phi) is 4.23. The topological polar surface area (TPSA) is 64.3 Å². The van der Waals surface area contributed by atoms with E-state index in [4.69, 9.17) is 10.5 Å². The number of hydrogen-bond donors (Lipinski definition) is 2. The Bertz CT molecular complexity index is 642. The van der Waals surface area contributed by atoms with Gasteiger partial charge in [0.2, 0.25) is 5.91 Å². The molecule has 0 fully saturated rings. The van der Waals surface area contributed by atoms with E-state index in [2.05, 4.69) is 5.32 Å². The monoisotopic (exact) mass is 288 g/mol. The summed E-state index contributed by atoms with van der Waals surface area (Å²) in [4.78, 5) is 12.4. The number of nitrogens with two attached hydrogens (primary N) is 1. The molecule has 2 aromatic carbocycles. The maximum Gasteiger partial charge on any atom is 0.248 e. The summed E-state index contributed by atoms with van der Waals surface area (Å²) in [6.45, 7) is 1.62. The number of rotatable bonds is 4. The molecule has 0 radical (unpaired) electrons. The van der Waals surface area contributed by atoms with E-state index in [1.807, 2.05) is 18.2 Å². The lowest BCUT2D eigenvalue weighted by Gasteiger charge is -2.24. The number of nitrogens with one attached hydrogen (secondary N) is 1. The minimum absolute atomic E-state index is 0.243. The van der Waals surface area contributed by atoms with Crippen molar-refractivity contribution in [1.29, 1.82) is 0 Å². The van der Waals surface area contributed by atoms with E-state index in [0.717, 1.165) is 0 Å². The van der Waals surface area contributed by atoms with Crippen molar-refractivity contribution in [1.82, 2.24) is 0 Å². The number of anilines is 1. The van der Waals surface area contributed by atoms with Gasteiger partial charge in [0.15, 0.2) is 0 Å². The summed E-state index contributed by atoms with van der Waals surface area (Å²) in [5.41, 5.74) is 5.97. The smallest absolute Gasteiger partial charge is 0.248 e. The molecule has 0 aliphatic rings. The van der Waals surface area contributed by atoms with Crippen molar-refractivity contribution < 1.29 is 13.9 Å². The molecule has 110 valence electrons. The Labute approximate surface area is 122 Å². The van der Waals surface area contributed by atoms with Crippen molar-refractivity contribution in [2.45, 2.75) is 12.5 Å². The lowest BCUT2D eigenvalue weighted by atomic mass is 9.92. The summed E-state index contributed by atoms with van der Waals surface area (Å²) in [5, 5.41) is 2.67. The van der Waals surface area contributed by atoms with Crippen molar-refractivity contribution in [3.8, 4) is 5.75 Å². The van der Waals surface area contributed by atoms with Gasteiger partial charge in [-0.2, -0.15) is 0 Å². The van der Waals surface area contributed by atoms with Crippen LogP contribution < -0.4 is 15.8 Å². The highest BCUT2D eigenvalue weighted by molar-refractivity contribution is 5.99. The molecule has 1 unspecified atom stereocenters. The summed E-state index contributed by atoms with van der Waals surface area (Å²) in [5.74, 6) is -0.603. The summed E-state index contributed by atoms with van der Waals surface area (Å²) in [6, 6.07) is 12.9. The fourth-order valence-corrected chi connectivity index (χ4v) is 1.94. The standard InChI is InChI=1S/C16H17FN2O2/c1-16(18,11-6-4-3-5-7-11)15(20)19-13-9-8-12(17)10-14(13)21-2/h3-10H,18H2,1-2H3,(H,19,20). The van der Waals surface area contributed by atoms with Gasteiger partial charge in [0.25, 0.3) is 0 Å². The van der Waals surface area contributed by atoms with E-state index in [1.165, 1.54) is 25.3 Å². The highest BCUT2D eigenvalue weighted by Crippen LogP contribution is 2.27. The zero-order chi connectivity index (χ0) is 15.5. The minimum atomic E-state index is -1.21. The molecule has 0 aromatic heterocycles. The molecule has 21 heavy (non-hydrogen) atoms. The molecule has 1 atom stereocenters. The third-order valence-electron chi connectivity index (χ3n) is 3.26. The summed E-state index contributed by atoms with van der Waals surface area (Å²) in [7, 11) is 1.41. The Hall–Kier alpha value is -2.40. The molecule has 5 heteroatoms. The Morgan fingerprint density at radius 3 is 2.52 bits per heavy atom. The highest BCUT2D eigenvalue weighted by atomic mass is 19.1.